The van der Waals surface area contributed by atoms with Gasteiger partial charge in [-0.25, -0.2) is 0 Å². The first-order chi connectivity index (χ1) is 27.0. The van der Waals surface area contributed by atoms with Crippen LogP contribution in [0.1, 0.15) is 188 Å². The molecule has 0 aliphatic heterocycles. The van der Waals surface area contributed by atoms with Crippen LogP contribution in [0.25, 0.3) is 0 Å². The van der Waals surface area contributed by atoms with Gasteiger partial charge >= 0.3 is 17.9 Å². The molecule has 0 radical (unpaired) electrons. The predicted molar refractivity (Wildman–Crippen MR) is 233 cm³/mol. The molecule has 55 heavy (non-hydrogen) atoms. The monoisotopic (exact) mass is 765 g/mol. The van der Waals surface area contributed by atoms with E-state index in [0.717, 1.165) is 109 Å². The summed E-state index contributed by atoms with van der Waals surface area (Å²) in [6.45, 7) is 6.28. The van der Waals surface area contributed by atoms with Gasteiger partial charge in [-0.3, -0.25) is 14.4 Å². The Kier molecular flexibility index (Phi) is 40.6. The summed E-state index contributed by atoms with van der Waals surface area (Å²) in [6.07, 6.45) is 54.2. The molecule has 6 nitrogen and oxygen atoms in total. The van der Waals surface area contributed by atoms with Crippen LogP contribution in [-0.4, -0.2) is 37.2 Å². The molecular formula is C49H80O6. The van der Waals surface area contributed by atoms with Crippen molar-refractivity contribution >= 4 is 17.9 Å². The first kappa shape index (κ1) is 51.6. The SMILES string of the molecule is CC\C=C/C=C\C=C/C=C\CCCCCCCC(=O)OCC(COC(=O)CCCCCCCCCCC)OC(=O)CCCCCCC\C=C/C=C\C=C/CC. The quantitative estimate of drug-likeness (QED) is 0.0270. The standard InChI is InChI=1S/C49H80O6/c1-4-7-10-13-16-19-21-23-24-26-27-30-33-36-39-42-48(51)54-45-46(44-53-47(50)41-38-35-32-29-18-15-12-9-6-3)55-49(52)43-40-37-34-31-28-25-22-20-17-14-11-8-5-2/h7-8,10-11,13-14,16-17,19-24,46H,4-6,9,12,15,18,25-45H2,1-3H3/b10-7-,11-8-,16-13-,17-14-,21-19-,22-20-,24-23-. The predicted octanol–water partition coefficient (Wildman–Crippen LogP) is 14.1. The molecule has 0 aliphatic carbocycles. The van der Waals surface area contributed by atoms with Crippen molar-refractivity contribution in [2.24, 2.45) is 0 Å². The van der Waals surface area contributed by atoms with Gasteiger partial charge in [0.15, 0.2) is 6.10 Å². The summed E-state index contributed by atoms with van der Waals surface area (Å²) in [6, 6.07) is 0. The lowest BCUT2D eigenvalue weighted by Gasteiger charge is -2.18. The van der Waals surface area contributed by atoms with Crippen LogP contribution in [-0.2, 0) is 28.6 Å². The number of ether oxygens (including phenoxy) is 3. The number of rotatable bonds is 38. The third-order valence-electron chi connectivity index (χ3n) is 9.05. The first-order valence-corrected chi connectivity index (χ1v) is 22.2. The zero-order chi connectivity index (χ0) is 40.1. The summed E-state index contributed by atoms with van der Waals surface area (Å²) in [5.41, 5.74) is 0. The van der Waals surface area contributed by atoms with E-state index in [1.54, 1.807) is 0 Å². The Bertz CT molecular complexity index is 1110. The van der Waals surface area contributed by atoms with E-state index in [4.69, 9.17) is 14.2 Å². The molecule has 1 atom stereocenters. The van der Waals surface area contributed by atoms with Crippen LogP contribution in [0.15, 0.2) is 85.1 Å². The largest absolute Gasteiger partial charge is 0.462 e. The van der Waals surface area contributed by atoms with E-state index in [0.29, 0.717) is 19.3 Å². The van der Waals surface area contributed by atoms with Crippen molar-refractivity contribution in [3.8, 4) is 0 Å². The van der Waals surface area contributed by atoms with Crippen LogP contribution in [0.4, 0.5) is 0 Å². The van der Waals surface area contributed by atoms with Crippen molar-refractivity contribution in [2.75, 3.05) is 13.2 Å². The highest BCUT2D eigenvalue weighted by molar-refractivity contribution is 5.71. The number of allylic oxidation sites excluding steroid dienone is 14. The molecule has 0 saturated carbocycles. The molecule has 0 heterocycles. The van der Waals surface area contributed by atoms with Gasteiger partial charge in [-0.05, 0) is 57.8 Å². The highest BCUT2D eigenvalue weighted by Gasteiger charge is 2.19. The van der Waals surface area contributed by atoms with E-state index >= 15 is 0 Å². The Morgan fingerprint density at radius 2 is 0.709 bits per heavy atom. The number of hydrogen-bond donors (Lipinski definition) is 0. The molecule has 312 valence electrons. The van der Waals surface area contributed by atoms with Gasteiger partial charge in [-0.15, -0.1) is 0 Å². The summed E-state index contributed by atoms with van der Waals surface area (Å²) in [4.78, 5) is 37.7. The van der Waals surface area contributed by atoms with Crippen LogP contribution in [0.2, 0.25) is 0 Å². The summed E-state index contributed by atoms with van der Waals surface area (Å²) in [5, 5.41) is 0. The Morgan fingerprint density at radius 3 is 1.11 bits per heavy atom. The normalized spacial score (nSPS) is 12.9. The second-order valence-electron chi connectivity index (χ2n) is 14.4. The Balaban J connectivity index is 4.45. The maximum absolute atomic E-state index is 12.7. The molecule has 0 amide bonds. The van der Waals surface area contributed by atoms with E-state index in [-0.39, 0.29) is 31.1 Å². The average Bonchev–Trinajstić information content (AvgIpc) is 3.18. The molecule has 0 N–H and O–H groups in total. The molecule has 0 fully saturated rings. The van der Waals surface area contributed by atoms with E-state index in [1.807, 2.05) is 30.4 Å². The van der Waals surface area contributed by atoms with E-state index in [2.05, 4.69) is 75.5 Å². The molecule has 6 heteroatoms. The minimum absolute atomic E-state index is 0.0931. The number of unbranched alkanes of at least 4 members (excludes halogenated alkanes) is 18. The van der Waals surface area contributed by atoms with Gasteiger partial charge in [-0.1, -0.05) is 196 Å². The van der Waals surface area contributed by atoms with Crippen LogP contribution in [0.3, 0.4) is 0 Å². The number of carbonyl (C=O) groups excluding carboxylic acids is 3. The van der Waals surface area contributed by atoms with Gasteiger partial charge in [0, 0.05) is 19.3 Å². The molecule has 0 aromatic carbocycles. The summed E-state index contributed by atoms with van der Waals surface area (Å²) < 4.78 is 16.6. The molecule has 0 aromatic rings. The van der Waals surface area contributed by atoms with Gasteiger partial charge in [0.05, 0.1) is 0 Å². The summed E-state index contributed by atoms with van der Waals surface area (Å²) in [7, 11) is 0. The topological polar surface area (TPSA) is 78.9 Å². The Labute approximate surface area is 337 Å². The Hall–Kier alpha value is -3.41. The molecule has 0 spiro atoms. The van der Waals surface area contributed by atoms with Crippen LogP contribution < -0.4 is 0 Å². The van der Waals surface area contributed by atoms with Gasteiger partial charge in [0.1, 0.15) is 13.2 Å². The molecule has 0 aromatic heterocycles. The molecular weight excluding hydrogens is 685 g/mol. The van der Waals surface area contributed by atoms with E-state index in [1.165, 1.54) is 38.5 Å². The summed E-state index contributed by atoms with van der Waals surface area (Å²) >= 11 is 0. The highest BCUT2D eigenvalue weighted by Crippen LogP contribution is 2.13. The Morgan fingerprint density at radius 1 is 0.382 bits per heavy atom. The van der Waals surface area contributed by atoms with Crippen molar-refractivity contribution in [3.05, 3.63) is 85.1 Å². The maximum Gasteiger partial charge on any atom is 0.306 e. The van der Waals surface area contributed by atoms with E-state index in [9.17, 15) is 14.4 Å². The minimum Gasteiger partial charge on any atom is -0.462 e. The average molecular weight is 765 g/mol. The second-order valence-corrected chi connectivity index (χ2v) is 14.4. The van der Waals surface area contributed by atoms with Crippen LogP contribution in [0.5, 0.6) is 0 Å². The third kappa shape index (κ3) is 41.6. The molecule has 0 aliphatic rings. The lowest BCUT2D eigenvalue weighted by molar-refractivity contribution is -0.167. The molecule has 1 unspecified atom stereocenters. The van der Waals surface area contributed by atoms with Gasteiger partial charge in [0.2, 0.25) is 0 Å². The van der Waals surface area contributed by atoms with Crippen molar-refractivity contribution in [2.45, 2.75) is 194 Å². The van der Waals surface area contributed by atoms with Crippen molar-refractivity contribution in [1.82, 2.24) is 0 Å². The highest BCUT2D eigenvalue weighted by atomic mass is 16.6. The fourth-order valence-electron chi connectivity index (χ4n) is 5.74. The minimum atomic E-state index is -0.793. The zero-order valence-corrected chi connectivity index (χ0v) is 35.4. The van der Waals surface area contributed by atoms with Crippen LogP contribution >= 0.6 is 0 Å². The van der Waals surface area contributed by atoms with Crippen molar-refractivity contribution < 1.29 is 28.6 Å². The van der Waals surface area contributed by atoms with Crippen molar-refractivity contribution in [1.29, 1.82) is 0 Å². The number of hydrogen-bond acceptors (Lipinski definition) is 6. The van der Waals surface area contributed by atoms with Gasteiger partial charge in [-0.2, -0.15) is 0 Å². The maximum atomic E-state index is 12.7. The molecule has 0 saturated heterocycles. The van der Waals surface area contributed by atoms with Gasteiger partial charge in [0.25, 0.3) is 0 Å². The lowest BCUT2D eigenvalue weighted by Crippen LogP contribution is -2.30. The van der Waals surface area contributed by atoms with E-state index < -0.39 is 6.10 Å². The second kappa shape index (κ2) is 43.3. The number of carbonyl (C=O) groups is 3. The lowest BCUT2D eigenvalue weighted by atomic mass is 10.1. The fraction of sp³-hybridized carbons (Fsp3) is 0.653. The fourth-order valence-corrected chi connectivity index (χ4v) is 5.74. The van der Waals surface area contributed by atoms with Crippen LogP contribution in [0, 0.1) is 0 Å². The molecule has 0 bridgehead atoms. The summed E-state index contributed by atoms with van der Waals surface area (Å²) in [5.74, 6) is -0.949. The third-order valence-corrected chi connectivity index (χ3v) is 9.05. The molecule has 0 rings (SSSR count). The first-order valence-electron chi connectivity index (χ1n) is 22.2. The van der Waals surface area contributed by atoms with Gasteiger partial charge < -0.3 is 14.2 Å². The number of esters is 3. The van der Waals surface area contributed by atoms with Crippen molar-refractivity contribution in [3.63, 3.8) is 0 Å². The zero-order valence-electron chi connectivity index (χ0n) is 35.4. The smallest absolute Gasteiger partial charge is 0.306 e.